The van der Waals surface area contributed by atoms with E-state index in [9.17, 15) is 13.2 Å². The SMILES string of the molecule is Cc1cc(C(F)(F)F)cc(-n2cc(C#N)c(N)n2)n1. The van der Waals surface area contributed by atoms with E-state index in [1.54, 1.807) is 6.07 Å². The molecule has 0 saturated heterocycles. The minimum Gasteiger partial charge on any atom is -0.381 e. The monoisotopic (exact) mass is 267 g/mol. The van der Waals surface area contributed by atoms with Crippen molar-refractivity contribution < 1.29 is 13.2 Å². The smallest absolute Gasteiger partial charge is 0.381 e. The normalized spacial score (nSPS) is 11.3. The van der Waals surface area contributed by atoms with Crippen molar-refractivity contribution in [2.24, 2.45) is 0 Å². The van der Waals surface area contributed by atoms with Crippen LogP contribution in [0, 0.1) is 18.3 Å². The van der Waals surface area contributed by atoms with Crippen molar-refractivity contribution in [2.45, 2.75) is 13.1 Å². The number of nitriles is 1. The van der Waals surface area contributed by atoms with Crippen LogP contribution in [0.25, 0.3) is 5.82 Å². The fourth-order valence-electron chi connectivity index (χ4n) is 1.52. The molecular weight excluding hydrogens is 259 g/mol. The molecule has 0 fully saturated rings. The molecule has 0 saturated carbocycles. The molecule has 2 aromatic heterocycles. The van der Waals surface area contributed by atoms with Crippen molar-refractivity contribution >= 4 is 5.82 Å². The first-order valence-electron chi connectivity index (χ1n) is 5.13. The lowest BCUT2D eigenvalue weighted by atomic mass is 10.2. The van der Waals surface area contributed by atoms with E-state index in [1.165, 1.54) is 13.1 Å². The molecule has 0 aliphatic heterocycles. The largest absolute Gasteiger partial charge is 0.416 e. The van der Waals surface area contributed by atoms with E-state index in [0.29, 0.717) is 0 Å². The van der Waals surface area contributed by atoms with Crippen LogP contribution in [0.15, 0.2) is 18.3 Å². The van der Waals surface area contributed by atoms with Crippen molar-refractivity contribution in [1.29, 1.82) is 5.26 Å². The van der Waals surface area contributed by atoms with E-state index in [-0.39, 0.29) is 22.9 Å². The number of nitrogens with two attached hydrogens (primary N) is 1. The first-order valence-corrected chi connectivity index (χ1v) is 5.13. The second-order valence-electron chi connectivity index (χ2n) is 3.84. The average molecular weight is 267 g/mol. The minimum absolute atomic E-state index is 0.0412. The Labute approximate surface area is 106 Å². The summed E-state index contributed by atoms with van der Waals surface area (Å²) in [5.74, 6) is -0.0973. The van der Waals surface area contributed by atoms with Crippen molar-refractivity contribution in [3.05, 3.63) is 35.2 Å². The fraction of sp³-hybridized carbons (Fsp3) is 0.182. The van der Waals surface area contributed by atoms with Gasteiger partial charge in [0.1, 0.15) is 11.6 Å². The van der Waals surface area contributed by atoms with Crippen LogP contribution in [0.4, 0.5) is 19.0 Å². The van der Waals surface area contributed by atoms with Crippen LogP contribution < -0.4 is 5.73 Å². The highest BCUT2D eigenvalue weighted by atomic mass is 19.4. The maximum atomic E-state index is 12.7. The van der Waals surface area contributed by atoms with Crippen LogP contribution in [0.2, 0.25) is 0 Å². The molecule has 2 N–H and O–H groups in total. The number of rotatable bonds is 1. The predicted molar refractivity (Wildman–Crippen MR) is 60.2 cm³/mol. The second kappa shape index (κ2) is 4.28. The van der Waals surface area contributed by atoms with Gasteiger partial charge in [0, 0.05) is 5.69 Å². The van der Waals surface area contributed by atoms with E-state index >= 15 is 0 Å². The molecule has 19 heavy (non-hydrogen) atoms. The Kier molecular flexibility index (Phi) is 2.90. The molecule has 0 aromatic carbocycles. The fourth-order valence-corrected chi connectivity index (χ4v) is 1.52. The van der Waals surface area contributed by atoms with Crippen molar-refractivity contribution in [3.63, 3.8) is 0 Å². The van der Waals surface area contributed by atoms with E-state index in [1.807, 2.05) is 0 Å². The summed E-state index contributed by atoms with van der Waals surface area (Å²) in [6.07, 6.45) is -3.24. The van der Waals surface area contributed by atoms with Crippen LogP contribution in [0.3, 0.4) is 0 Å². The maximum absolute atomic E-state index is 12.7. The van der Waals surface area contributed by atoms with Crippen molar-refractivity contribution in [2.75, 3.05) is 5.73 Å². The van der Waals surface area contributed by atoms with Gasteiger partial charge in [-0.2, -0.15) is 18.4 Å². The summed E-state index contributed by atoms with van der Waals surface area (Å²) in [4.78, 5) is 3.94. The summed E-state index contributed by atoms with van der Waals surface area (Å²) in [5, 5.41) is 12.5. The van der Waals surface area contributed by atoms with Gasteiger partial charge in [-0.25, -0.2) is 9.67 Å². The van der Waals surface area contributed by atoms with Gasteiger partial charge in [0.05, 0.1) is 11.8 Å². The van der Waals surface area contributed by atoms with E-state index in [0.717, 1.165) is 16.8 Å². The number of halogens is 3. The zero-order valence-electron chi connectivity index (χ0n) is 9.73. The van der Waals surface area contributed by atoms with Crippen LogP contribution >= 0.6 is 0 Å². The van der Waals surface area contributed by atoms with Crippen LogP contribution in [-0.2, 0) is 6.18 Å². The molecular formula is C11H8F3N5. The molecule has 2 heterocycles. The number of anilines is 1. The number of pyridine rings is 1. The number of hydrogen-bond acceptors (Lipinski definition) is 4. The Morgan fingerprint density at radius 1 is 1.37 bits per heavy atom. The number of nitrogen functional groups attached to an aromatic ring is 1. The van der Waals surface area contributed by atoms with Crippen molar-refractivity contribution in [1.82, 2.24) is 14.8 Å². The minimum atomic E-state index is -4.47. The van der Waals surface area contributed by atoms with E-state index < -0.39 is 11.7 Å². The summed E-state index contributed by atoms with van der Waals surface area (Å²) in [6.45, 7) is 1.44. The molecule has 0 aliphatic rings. The number of alkyl halides is 3. The summed E-state index contributed by atoms with van der Waals surface area (Å²) >= 11 is 0. The lowest BCUT2D eigenvalue weighted by molar-refractivity contribution is -0.137. The molecule has 0 spiro atoms. The highest BCUT2D eigenvalue weighted by Gasteiger charge is 2.31. The van der Waals surface area contributed by atoms with Crippen LogP contribution in [0.1, 0.15) is 16.8 Å². The quantitative estimate of drug-likeness (QED) is 0.857. The third kappa shape index (κ3) is 2.49. The van der Waals surface area contributed by atoms with Gasteiger partial charge in [-0.05, 0) is 19.1 Å². The first-order chi connectivity index (χ1) is 8.81. The zero-order valence-corrected chi connectivity index (χ0v) is 9.73. The lowest BCUT2D eigenvalue weighted by Crippen LogP contribution is -2.09. The topological polar surface area (TPSA) is 80.5 Å². The molecule has 0 radical (unpaired) electrons. The molecule has 8 heteroatoms. The Morgan fingerprint density at radius 3 is 2.58 bits per heavy atom. The highest BCUT2D eigenvalue weighted by molar-refractivity contribution is 5.48. The molecule has 2 rings (SSSR count). The maximum Gasteiger partial charge on any atom is 0.416 e. The molecule has 0 amide bonds. The molecule has 0 bridgehead atoms. The van der Waals surface area contributed by atoms with Crippen LogP contribution in [-0.4, -0.2) is 14.8 Å². The van der Waals surface area contributed by atoms with E-state index in [4.69, 9.17) is 11.0 Å². The lowest BCUT2D eigenvalue weighted by Gasteiger charge is -2.09. The van der Waals surface area contributed by atoms with Gasteiger partial charge in [0.25, 0.3) is 0 Å². The summed E-state index contributed by atoms with van der Waals surface area (Å²) in [5.41, 5.74) is 4.89. The zero-order chi connectivity index (χ0) is 14.2. The Hall–Kier alpha value is -2.56. The van der Waals surface area contributed by atoms with Gasteiger partial charge >= 0.3 is 6.18 Å². The molecule has 0 unspecified atom stereocenters. The third-order valence-corrected chi connectivity index (χ3v) is 2.37. The van der Waals surface area contributed by atoms with Crippen molar-refractivity contribution in [3.8, 4) is 11.9 Å². The number of nitrogens with zero attached hydrogens (tertiary/aromatic N) is 4. The Bertz CT molecular complexity index is 666. The number of hydrogen-bond donors (Lipinski definition) is 1. The highest BCUT2D eigenvalue weighted by Crippen LogP contribution is 2.30. The predicted octanol–water partition coefficient (Wildman–Crippen LogP) is 2.05. The Morgan fingerprint density at radius 2 is 2.05 bits per heavy atom. The first kappa shape index (κ1) is 12.9. The van der Waals surface area contributed by atoms with Gasteiger partial charge < -0.3 is 5.73 Å². The summed E-state index contributed by atoms with van der Waals surface area (Å²) < 4.78 is 39.1. The van der Waals surface area contributed by atoms with Gasteiger partial charge in [0.2, 0.25) is 0 Å². The van der Waals surface area contributed by atoms with Crippen LogP contribution in [0.5, 0.6) is 0 Å². The summed E-state index contributed by atoms with van der Waals surface area (Å²) in [7, 11) is 0. The third-order valence-electron chi connectivity index (χ3n) is 2.37. The second-order valence-corrected chi connectivity index (χ2v) is 3.84. The molecule has 0 aliphatic carbocycles. The molecule has 2 aromatic rings. The van der Waals surface area contributed by atoms with Gasteiger partial charge in [0.15, 0.2) is 11.6 Å². The molecule has 0 atom stereocenters. The van der Waals surface area contributed by atoms with E-state index in [2.05, 4.69) is 10.1 Å². The number of aromatic nitrogens is 3. The Balaban J connectivity index is 2.56. The standard InChI is InChI=1S/C11H8F3N5/c1-6-2-8(11(12,13)14)3-9(17-6)19-5-7(4-15)10(16)18-19/h2-3,5H,1H3,(H2,16,18). The summed E-state index contributed by atoms with van der Waals surface area (Å²) in [6, 6.07) is 3.57. The van der Waals surface area contributed by atoms with Gasteiger partial charge in [-0.1, -0.05) is 0 Å². The van der Waals surface area contributed by atoms with Gasteiger partial charge in [-0.3, -0.25) is 0 Å². The number of aryl methyl sites for hydroxylation is 1. The molecule has 5 nitrogen and oxygen atoms in total. The average Bonchev–Trinajstić information content (AvgIpc) is 2.68. The van der Waals surface area contributed by atoms with Gasteiger partial charge in [-0.15, -0.1) is 5.10 Å². The molecule has 98 valence electrons.